The second-order valence-corrected chi connectivity index (χ2v) is 5.47. The summed E-state index contributed by atoms with van der Waals surface area (Å²) in [5.41, 5.74) is 0. The van der Waals surface area contributed by atoms with Gasteiger partial charge in [-0.1, -0.05) is 39.5 Å². The topological polar surface area (TPSA) is 20.3 Å². The number of carbonyl (C=O) groups excluding carboxylic acids is 1. The molecule has 0 spiro atoms. The zero-order chi connectivity index (χ0) is 12.7. The number of nitrogens with zero attached hydrogens (tertiary/aromatic N) is 1. The Morgan fingerprint density at radius 3 is 2.24 bits per heavy atom. The maximum absolute atomic E-state index is 12.2. The van der Waals surface area contributed by atoms with E-state index in [0.29, 0.717) is 17.7 Å². The predicted octanol–water partition coefficient (Wildman–Crippen LogP) is 3.85. The molecule has 0 aromatic rings. The van der Waals surface area contributed by atoms with Gasteiger partial charge in [0, 0.05) is 19.5 Å². The van der Waals surface area contributed by atoms with Crippen molar-refractivity contribution in [3.05, 3.63) is 0 Å². The summed E-state index contributed by atoms with van der Waals surface area (Å²) in [7, 11) is 0. The third-order valence-electron chi connectivity index (χ3n) is 4.31. The number of rotatable bonds is 7. The van der Waals surface area contributed by atoms with Crippen LogP contribution >= 0.6 is 0 Å². The van der Waals surface area contributed by atoms with E-state index in [9.17, 15) is 4.79 Å². The van der Waals surface area contributed by atoms with Crippen molar-refractivity contribution in [3.8, 4) is 0 Å². The maximum Gasteiger partial charge on any atom is 0.222 e. The van der Waals surface area contributed by atoms with Crippen LogP contribution in [0.15, 0.2) is 0 Å². The highest BCUT2D eigenvalue weighted by Gasteiger charge is 2.22. The minimum atomic E-state index is 0.395. The van der Waals surface area contributed by atoms with Crippen molar-refractivity contribution < 1.29 is 4.79 Å². The molecule has 100 valence electrons. The Bertz CT molecular complexity index is 217. The van der Waals surface area contributed by atoms with E-state index in [1.807, 2.05) is 0 Å². The van der Waals surface area contributed by atoms with Gasteiger partial charge in [0.25, 0.3) is 0 Å². The first-order chi connectivity index (χ1) is 8.21. The summed E-state index contributed by atoms with van der Waals surface area (Å²) in [6.07, 6.45) is 8.37. The summed E-state index contributed by atoms with van der Waals surface area (Å²) in [5, 5.41) is 0. The highest BCUT2D eigenvalue weighted by atomic mass is 16.2. The van der Waals surface area contributed by atoms with E-state index < -0.39 is 0 Å². The Labute approximate surface area is 107 Å². The minimum absolute atomic E-state index is 0.395. The molecule has 1 aliphatic rings. The Balaban J connectivity index is 2.39. The SMILES string of the molecule is CCC(CC)CN(CC)C(=O)CC1CCCC1. The molecule has 1 aliphatic carbocycles. The smallest absolute Gasteiger partial charge is 0.222 e. The molecule has 0 N–H and O–H groups in total. The molecule has 0 aromatic heterocycles. The standard InChI is InChI=1S/C15H29NO/c1-4-13(5-2)12-16(6-3)15(17)11-14-9-7-8-10-14/h13-14H,4-12H2,1-3H3. The van der Waals surface area contributed by atoms with E-state index in [0.717, 1.165) is 19.5 Å². The van der Waals surface area contributed by atoms with E-state index in [1.165, 1.54) is 38.5 Å². The van der Waals surface area contributed by atoms with Gasteiger partial charge in [-0.25, -0.2) is 0 Å². The first-order valence-corrected chi connectivity index (χ1v) is 7.48. The first-order valence-electron chi connectivity index (χ1n) is 7.48. The van der Waals surface area contributed by atoms with Crippen molar-refractivity contribution in [3.63, 3.8) is 0 Å². The lowest BCUT2D eigenvalue weighted by molar-refractivity contribution is -0.132. The third-order valence-corrected chi connectivity index (χ3v) is 4.31. The average Bonchev–Trinajstić information content (AvgIpc) is 2.83. The van der Waals surface area contributed by atoms with Crippen molar-refractivity contribution in [2.24, 2.45) is 11.8 Å². The highest BCUT2D eigenvalue weighted by Crippen LogP contribution is 2.28. The third kappa shape index (κ3) is 4.69. The largest absolute Gasteiger partial charge is 0.343 e. The molecule has 17 heavy (non-hydrogen) atoms. The highest BCUT2D eigenvalue weighted by molar-refractivity contribution is 5.76. The van der Waals surface area contributed by atoms with E-state index in [4.69, 9.17) is 0 Å². The van der Waals surface area contributed by atoms with Crippen LogP contribution < -0.4 is 0 Å². The van der Waals surface area contributed by atoms with Crippen molar-refractivity contribution in [1.82, 2.24) is 4.90 Å². The van der Waals surface area contributed by atoms with Gasteiger partial charge in [0.1, 0.15) is 0 Å². The van der Waals surface area contributed by atoms with Crippen LogP contribution in [0.3, 0.4) is 0 Å². The Morgan fingerprint density at radius 2 is 1.76 bits per heavy atom. The lowest BCUT2D eigenvalue weighted by atomic mass is 10.0. The van der Waals surface area contributed by atoms with Gasteiger partial charge >= 0.3 is 0 Å². The molecule has 0 atom stereocenters. The molecule has 0 radical (unpaired) electrons. The zero-order valence-corrected chi connectivity index (χ0v) is 11.9. The van der Waals surface area contributed by atoms with Gasteiger partial charge in [-0.05, 0) is 31.6 Å². The summed E-state index contributed by atoms with van der Waals surface area (Å²) >= 11 is 0. The van der Waals surface area contributed by atoms with Crippen LogP contribution in [-0.2, 0) is 4.79 Å². The van der Waals surface area contributed by atoms with Crippen molar-refractivity contribution >= 4 is 5.91 Å². The molecular formula is C15H29NO. The quantitative estimate of drug-likeness (QED) is 0.661. The van der Waals surface area contributed by atoms with Crippen LogP contribution in [0.1, 0.15) is 65.7 Å². The van der Waals surface area contributed by atoms with Gasteiger partial charge < -0.3 is 4.90 Å². The number of amides is 1. The molecule has 0 bridgehead atoms. The van der Waals surface area contributed by atoms with Gasteiger partial charge in [0.2, 0.25) is 5.91 Å². The second kappa shape index (κ2) is 7.73. The Hall–Kier alpha value is -0.530. The van der Waals surface area contributed by atoms with Crippen LogP contribution in [0.25, 0.3) is 0 Å². The first kappa shape index (κ1) is 14.5. The van der Waals surface area contributed by atoms with Crippen LogP contribution in [0.4, 0.5) is 0 Å². The molecule has 1 saturated carbocycles. The molecule has 1 amide bonds. The number of carbonyl (C=O) groups is 1. The van der Waals surface area contributed by atoms with Crippen LogP contribution in [0.2, 0.25) is 0 Å². The minimum Gasteiger partial charge on any atom is -0.343 e. The number of hydrogen-bond acceptors (Lipinski definition) is 1. The lowest BCUT2D eigenvalue weighted by Gasteiger charge is -2.26. The lowest BCUT2D eigenvalue weighted by Crippen LogP contribution is -2.35. The van der Waals surface area contributed by atoms with Crippen LogP contribution in [0, 0.1) is 11.8 Å². The van der Waals surface area contributed by atoms with Crippen molar-refractivity contribution in [2.75, 3.05) is 13.1 Å². The molecule has 2 heteroatoms. The molecule has 0 saturated heterocycles. The zero-order valence-electron chi connectivity index (χ0n) is 11.9. The summed E-state index contributed by atoms with van der Waals surface area (Å²) in [6.45, 7) is 8.40. The molecule has 0 aromatic carbocycles. The second-order valence-electron chi connectivity index (χ2n) is 5.47. The molecule has 1 rings (SSSR count). The predicted molar refractivity (Wildman–Crippen MR) is 72.9 cm³/mol. The van der Waals surface area contributed by atoms with Crippen LogP contribution in [-0.4, -0.2) is 23.9 Å². The van der Waals surface area contributed by atoms with E-state index >= 15 is 0 Å². The fraction of sp³-hybridized carbons (Fsp3) is 0.933. The number of hydrogen-bond donors (Lipinski definition) is 0. The van der Waals surface area contributed by atoms with Crippen molar-refractivity contribution in [1.29, 1.82) is 0 Å². The summed E-state index contributed by atoms with van der Waals surface area (Å²) in [5.74, 6) is 1.76. The van der Waals surface area contributed by atoms with Crippen molar-refractivity contribution in [2.45, 2.75) is 65.7 Å². The summed E-state index contributed by atoms with van der Waals surface area (Å²) in [6, 6.07) is 0. The Kier molecular flexibility index (Phi) is 6.61. The van der Waals surface area contributed by atoms with Gasteiger partial charge in [0.15, 0.2) is 0 Å². The fourth-order valence-electron chi connectivity index (χ4n) is 2.86. The Morgan fingerprint density at radius 1 is 1.18 bits per heavy atom. The monoisotopic (exact) mass is 239 g/mol. The molecule has 1 fully saturated rings. The maximum atomic E-state index is 12.2. The molecule has 0 aliphatic heterocycles. The van der Waals surface area contributed by atoms with E-state index in [2.05, 4.69) is 25.7 Å². The van der Waals surface area contributed by atoms with Gasteiger partial charge in [-0.15, -0.1) is 0 Å². The summed E-state index contributed by atoms with van der Waals surface area (Å²) in [4.78, 5) is 14.3. The molecule has 0 heterocycles. The molecule has 2 nitrogen and oxygen atoms in total. The normalized spacial score (nSPS) is 16.7. The van der Waals surface area contributed by atoms with Gasteiger partial charge in [-0.2, -0.15) is 0 Å². The molecular weight excluding hydrogens is 210 g/mol. The van der Waals surface area contributed by atoms with E-state index in [-0.39, 0.29) is 0 Å². The van der Waals surface area contributed by atoms with E-state index in [1.54, 1.807) is 0 Å². The molecule has 0 unspecified atom stereocenters. The van der Waals surface area contributed by atoms with Gasteiger partial charge in [-0.3, -0.25) is 4.79 Å². The van der Waals surface area contributed by atoms with Crippen LogP contribution in [0.5, 0.6) is 0 Å². The summed E-state index contributed by atoms with van der Waals surface area (Å²) < 4.78 is 0. The fourth-order valence-corrected chi connectivity index (χ4v) is 2.86. The average molecular weight is 239 g/mol. The van der Waals surface area contributed by atoms with Gasteiger partial charge in [0.05, 0.1) is 0 Å².